The topological polar surface area (TPSA) is 97.7 Å². The Morgan fingerprint density at radius 2 is 2.08 bits per heavy atom. The molecule has 9 heteroatoms. The number of carbonyl (C=O) groups is 2. The van der Waals surface area contributed by atoms with Crippen molar-refractivity contribution < 1.29 is 14.3 Å². The Morgan fingerprint density at radius 3 is 2.68 bits per heavy atom. The van der Waals surface area contributed by atoms with E-state index in [-0.39, 0.29) is 18.5 Å². The fourth-order valence-corrected chi connectivity index (χ4v) is 3.93. The molecule has 2 rings (SSSR count). The lowest BCUT2D eigenvalue weighted by Gasteiger charge is -2.35. The molecular formula is C16H27N5O3S. The number of carbonyl (C=O) groups excluding carboxylic acids is 2. The minimum Gasteiger partial charge on any atom is -0.443 e. The molecule has 0 bridgehead atoms. The van der Waals surface area contributed by atoms with Crippen LogP contribution in [-0.2, 0) is 9.53 Å². The Morgan fingerprint density at radius 1 is 1.40 bits per heavy atom. The van der Waals surface area contributed by atoms with Crippen LogP contribution in [0, 0.1) is 11.3 Å². The number of hydrogen-bond acceptors (Lipinski definition) is 7. The van der Waals surface area contributed by atoms with Crippen LogP contribution in [0.3, 0.4) is 0 Å². The predicted molar refractivity (Wildman–Crippen MR) is 95.5 cm³/mol. The van der Waals surface area contributed by atoms with Gasteiger partial charge in [0.15, 0.2) is 0 Å². The zero-order valence-corrected chi connectivity index (χ0v) is 15.9. The van der Waals surface area contributed by atoms with Gasteiger partial charge >= 0.3 is 6.09 Å². The van der Waals surface area contributed by atoms with Gasteiger partial charge in [-0.2, -0.15) is 5.26 Å². The number of hydrazine groups is 1. The van der Waals surface area contributed by atoms with Gasteiger partial charge in [-0.05, 0) is 46.7 Å². The van der Waals surface area contributed by atoms with Crippen LogP contribution >= 0.6 is 11.8 Å². The molecule has 0 aliphatic carbocycles. The lowest BCUT2D eigenvalue weighted by Crippen LogP contribution is -2.56. The summed E-state index contributed by atoms with van der Waals surface area (Å²) in [5.41, 5.74) is 2.13. The molecule has 2 fully saturated rings. The van der Waals surface area contributed by atoms with Crippen molar-refractivity contribution in [3.05, 3.63) is 0 Å². The quantitative estimate of drug-likeness (QED) is 0.711. The number of ether oxygens (including phenoxy) is 1. The number of nitrogens with one attached hydrogen (secondary N) is 2. The highest BCUT2D eigenvalue weighted by Crippen LogP contribution is 2.21. The summed E-state index contributed by atoms with van der Waals surface area (Å²) in [5, 5.41) is 14.1. The maximum absolute atomic E-state index is 12.6. The van der Waals surface area contributed by atoms with Crippen LogP contribution in [0.2, 0.25) is 0 Å². The second-order valence-electron chi connectivity index (χ2n) is 7.23. The van der Waals surface area contributed by atoms with Crippen molar-refractivity contribution in [3.8, 4) is 6.07 Å². The van der Waals surface area contributed by atoms with Gasteiger partial charge in [0.25, 0.3) is 0 Å². The van der Waals surface area contributed by atoms with Crippen molar-refractivity contribution in [1.29, 1.82) is 5.26 Å². The molecule has 1 atom stereocenters. The molecule has 1 unspecified atom stereocenters. The number of hydrogen-bond donors (Lipinski definition) is 2. The largest absolute Gasteiger partial charge is 0.443 e. The van der Waals surface area contributed by atoms with Crippen molar-refractivity contribution in [2.45, 2.75) is 51.3 Å². The van der Waals surface area contributed by atoms with Crippen LogP contribution in [0.5, 0.6) is 0 Å². The smallest absolute Gasteiger partial charge is 0.422 e. The van der Waals surface area contributed by atoms with Gasteiger partial charge in [0, 0.05) is 11.8 Å². The summed E-state index contributed by atoms with van der Waals surface area (Å²) in [4.78, 5) is 26.4. The van der Waals surface area contributed by atoms with E-state index in [1.165, 1.54) is 0 Å². The predicted octanol–water partition coefficient (Wildman–Crippen LogP) is 0.905. The molecule has 2 aliphatic rings. The monoisotopic (exact) mass is 369 g/mol. The Balaban J connectivity index is 2.02. The van der Waals surface area contributed by atoms with Crippen molar-refractivity contribution >= 4 is 23.8 Å². The van der Waals surface area contributed by atoms with E-state index in [1.807, 2.05) is 0 Å². The number of rotatable bonds is 4. The lowest BCUT2D eigenvalue weighted by molar-refractivity contribution is -0.133. The molecule has 0 saturated carbocycles. The van der Waals surface area contributed by atoms with Gasteiger partial charge in [-0.1, -0.05) is 0 Å². The van der Waals surface area contributed by atoms with Gasteiger partial charge in [0.2, 0.25) is 5.91 Å². The van der Waals surface area contributed by atoms with Gasteiger partial charge in [-0.15, -0.1) is 11.8 Å². The Labute approximate surface area is 153 Å². The first-order chi connectivity index (χ1) is 11.8. The van der Waals surface area contributed by atoms with Crippen LogP contribution in [0.25, 0.3) is 0 Å². The van der Waals surface area contributed by atoms with Crippen LogP contribution in [-0.4, -0.2) is 70.9 Å². The van der Waals surface area contributed by atoms with Gasteiger partial charge in [-0.3, -0.25) is 10.2 Å². The molecule has 2 heterocycles. The minimum atomic E-state index is -0.606. The van der Waals surface area contributed by atoms with Crippen LogP contribution in [0.4, 0.5) is 4.79 Å². The molecule has 0 aromatic heterocycles. The molecule has 8 nitrogen and oxygen atoms in total. The highest BCUT2D eigenvalue weighted by molar-refractivity contribution is 7.99. The second kappa shape index (κ2) is 8.74. The summed E-state index contributed by atoms with van der Waals surface area (Å²) >= 11 is 1.57. The molecule has 2 aliphatic heterocycles. The highest BCUT2D eigenvalue weighted by atomic mass is 32.2. The van der Waals surface area contributed by atoms with Crippen LogP contribution in [0.15, 0.2) is 0 Å². The Hall–Kier alpha value is -1.50. The van der Waals surface area contributed by atoms with E-state index in [4.69, 9.17) is 4.74 Å². The standard InChI is InChI=1S/C16H27N5O3S/c1-16(2,3)24-15(23)19-21(12-4-6-18-7-5-12)9-14(22)20-11-25-10-13(20)8-17/h12-13,18H,4-7,9-11H2,1-3H3,(H,19,23). The van der Waals surface area contributed by atoms with E-state index in [0.717, 1.165) is 25.9 Å². The molecule has 2 amide bonds. The van der Waals surface area contributed by atoms with E-state index in [0.29, 0.717) is 11.6 Å². The summed E-state index contributed by atoms with van der Waals surface area (Å²) in [6.45, 7) is 7.11. The molecule has 0 aromatic carbocycles. The van der Waals surface area contributed by atoms with E-state index >= 15 is 0 Å². The molecular weight excluding hydrogens is 342 g/mol. The average molecular weight is 369 g/mol. The van der Waals surface area contributed by atoms with E-state index in [2.05, 4.69) is 16.8 Å². The van der Waals surface area contributed by atoms with Gasteiger partial charge in [0.05, 0.1) is 18.5 Å². The molecule has 0 radical (unpaired) electrons. The third-order valence-electron chi connectivity index (χ3n) is 4.04. The summed E-state index contributed by atoms with van der Waals surface area (Å²) < 4.78 is 5.32. The van der Waals surface area contributed by atoms with Crippen LogP contribution < -0.4 is 10.7 Å². The fraction of sp³-hybridized carbons (Fsp3) is 0.812. The average Bonchev–Trinajstić information content (AvgIpc) is 3.02. The van der Waals surface area contributed by atoms with Crippen molar-refractivity contribution in [1.82, 2.24) is 20.7 Å². The van der Waals surface area contributed by atoms with E-state index in [1.54, 1.807) is 42.4 Å². The van der Waals surface area contributed by atoms with E-state index < -0.39 is 17.7 Å². The summed E-state index contributed by atoms with van der Waals surface area (Å²) in [7, 11) is 0. The van der Waals surface area contributed by atoms with Gasteiger partial charge < -0.3 is 15.0 Å². The zero-order chi connectivity index (χ0) is 18.4. The normalized spacial score (nSPS) is 21.9. The van der Waals surface area contributed by atoms with Gasteiger partial charge in [0.1, 0.15) is 11.6 Å². The highest BCUT2D eigenvalue weighted by Gasteiger charge is 2.33. The lowest BCUT2D eigenvalue weighted by atomic mass is 10.1. The van der Waals surface area contributed by atoms with Crippen LogP contribution in [0.1, 0.15) is 33.6 Å². The maximum Gasteiger partial charge on any atom is 0.422 e. The first kappa shape index (κ1) is 19.8. The first-order valence-electron chi connectivity index (χ1n) is 8.54. The number of amides is 2. The van der Waals surface area contributed by atoms with Gasteiger partial charge in [-0.25, -0.2) is 9.80 Å². The second-order valence-corrected chi connectivity index (χ2v) is 8.23. The van der Waals surface area contributed by atoms with Crippen molar-refractivity contribution in [3.63, 3.8) is 0 Å². The minimum absolute atomic E-state index is 0.0443. The number of nitrogens with zero attached hydrogens (tertiary/aromatic N) is 3. The zero-order valence-electron chi connectivity index (χ0n) is 15.1. The summed E-state index contributed by atoms with van der Waals surface area (Å²) in [6, 6.07) is 1.83. The van der Waals surface area contributed by atoms with E-state index in [9.17, 15) is 14.9 Å². The SMILES string of the molecule is CC(C)(C)OC(=O)NN(CC(=O)N1CSCC1C#N)C1CCNCC1. The molecule has 25 heavy (non-hydrogen) atoms. The molecule has 0 spiro atoms. The Kier molecular flexibility index (Phi) is 6.93. The first-order valence-corrected chi connectivity index (χ1v) is 9.69. The maximum atomic E-state index is 12.6. The number of nitriles is 1. The number of piperidine rings is 1. The molecule has 2 N–H and O–H groups in total. The van der Waals surface area contributed by atoms with Crippen molar-refractivity contribution in [2.75, 3.05) is 31.3 Å². The summed E-state index contributed by atoms with van der Waals surface area (Å²) in [5.74, 6) is 1.00. The molecule has 0 aromatic rings. The third kappa shape index (κ3) is 6.06. The summed E-state index contributed by atoms with van der Waals surface area (Å²) in [6.07, 6.45) is 1.10. The van der Waals surface area contributed by atoms with Crippen molar-refractivity contribution in [2.24, 2.45) is 0 Å². The fourth-order valence-electron chi connectivity index (χ4n) is 2.83. The third-order valence-corrected chi connectivity index (χ3v) is 5.05. The molecule has 2 saturated heterocycles. The molecule has 140 valence electrons. The Bertz CT molecular complexity index is 525. The number of thioether (sulfide) groups is 1.